The Bertz CT molecular complexity index is 1270. The average Bonchev–Trinajstić information content (AvgIpc) is 3.55. The molecule has 7 atom stereocenters. The molecule has 1 aliphatic heterocycles. The number of halogens is 3. The van der Waals surface area contributed by atoms with Crippen LogP contribution in [0, 0.1) is 47.3 Å². The van der Waals surface area contributed by atoms with E-state index in [0.29, 0.717) is 36.5 Å². The molecule has 6 aliphatic carbocycles. The van der Waals surface area contributed by atoms with Crippen LogP contribution in [0.1, 0.15) is 64.7 Å². The Morgan fingerprint density at radius 1 is 1.02 bits per heavy atom. The molecule has 0 spiro atoms. The van der Waals surface area contributed by atoms with Crippen LogP contribution in [0.5, 0.6) is 0 Å². The molecule has 11 nitrogen and oxygen atoms in total. The largest absolute Gasteiger partial charge is 0.462 e. The van der Waals surface area contributed by atoms with Crippen LogP contribution in [0.4, 0.5) is 13.2 Å². The molecule has 1 N–H and O–H groups in total. The Hall–Kier alpha value is -2.42. The number of rotatable bonds is 11. The first kappa shape index (κ1) is 30.6. The van der Waals surface area contributed by atoms with Gasteiger partial charge in [-0.2, -0.15) is 17.2 Å². The molecule has 0 aromatic carbocycles. The van der Waals surface area contributed by atoms with Gasteiger partial charge in [-0.05, 0) is 68.6 Å². The van der Waals surface area contributed by atoms with E-state index >= 15 is 0 Å². The van der Waals surface area contributed by atoms with Gasteiger partial charge in [-0.1, -0.05) is 6.92 Å². The predicted molar refractivity (Wildman–Crippen MR) is 136 cm³/mol. The van der Waals surface area contributed by atoms with Gasteiger partial charge in [-0.25, -0.2) is 4.39 Å². The third kappa shape index (κ3) is 4.92. The second-order valence-corrected chi connectivity index (χ2v) is 14.7. The SMILES string of the molecule is CCC1(OC(=O)C2C3CC4C(OC(=O)C42)C3OC(=O)CCC(=O)OCC(F)C(F)(F)S(=O)(=O)O)C2CC3CC(C2)CC1C3. The Balaban J connectivity index is 1.06. The molecular formula is C28H35F3O11S. The van der Waals surface area contributed by atoms with E-state index in [9.17, 15) is 40.8 Å². The number of carbonyl (C=O) groups is 4. The predicted octanol–water partition coefficient (Wildman–Crippen LogP) is 3.00. The van der Waals surface area contributed by atoms with Crippen LogP contribution >= 0.6 is 0 Å². The lowest BCUT2D eigenvalue weighted by Gasteiger charge is -2.60. The summed E-state index contributed by atoms with van der Waals surface area (Å²) in [5, 5.41) is -5.19. The summed E-state index contributed by atoms with van der Waals surface area (Å²) in [6.07, 6.45) is 0.0144. The van der Waals surface area contributed by atoms with Crippen LogP contribution in [0.25, 0.3) is 0 Å². The van der Waals surface area contributed by atoms with E-state index in [1.54, 1.807) is 0 Å². The molecule has 0 amide bonds. The summed E-state index contributed by atoms with van der Waals surface area (Å²) in [4.78, 5) is 51.2. The Kier molecular flexibility index (Phi) is 7.54. The van der Waals surface area contributed by atoms with Gasteiger partial charge in [0.2, 0.25) is 6.17 Å². The van der Waals surface area contributed by atoms with Crippen molar-refractivity contribution in [3.05, 3.63) is 0 Å². The molecule has 240 valence electrons. The average molecular weight is 637 g/mol. The number of fused-ring (bicyclic) bond motifs is 1. The summed E-state index contributed by atoms with van der Waals surface area (Å²) < 4.78 is 91.6. The van der Waals surface area contributed by atoms with E-state index in [2.05, 4.69) is 4.74 Å². The van der Waals surface area contributed by atoms with Crippen molar-refractivity contribution in [3.63, 3.8) is 0 Å². The summed E-state index contributed by atoms with van der Waals surface area (Å²) in [5.41, 5.74) is -0.565. The zero-order valence-electron chi connectivity index (χ0n) is 23.5. The van der Waals surface area contributed by atoms with Crippen LogP contribution < -0.4 is 0 Å². The lowest BCUT2D eigenvalue weighted by atomic mass is 9.49. The van der Waals surface area contributed by atoms with Crippen molar-refractivity contribution in [2.75, 3.05) is 6.61 Å². The fourth-order valence-corrected chi connectivity index (χ4v) is 9.83. The van der Waals surface area contributed by atoms with Gasteiger partial charge in [-0.15, -0.1) is 0 Å². The van der Waals surface area contributed by atoms with E-state index in [0.717, 1.165) is 25.7 Å². The van der Waals surface area contributed by atoms with Gasteiger partial charge < -0.3 is 18.9 Å². The maximum absolute atomic E-state index is 13.9. The molecule has 7 rings (SSSR count). The second-order valence-electron chi connectivity index (χ2n) is 13.2. The van der Waals surface area contributed by atoms with Crippen molar-refractivity contribution in [2.24, 2.45) is 47.3 Å². The summed E-state index contributed by atoms with van der Waals surface area (Å²) in [6, 6.07) is 0. The molecule has 0 aromatic heterocycles. The molecule has 15 heteroatoms. The Morgan fingerprint density at radius 2 is 1.63 bits per heavy atom. The minimum Gasteiger partial charge on any atom is -0.462 e. The standard InChI is InChI=1S/C28H35F3O11S/c1-2-27(14-6-12-5-13(8-14)9-15(27)7-12)42-26(35)22-17-10-16-21(22)25(34)41-24(16)23(17)40-20(33)4-3-19(32)39-11-18(29)28(30,31)43(36,37)38/h12-18,21-24H,2-11H2,1H3,(H,36,37,38). The molecule has 1 saturated heterocycles. The third-order valence-electron chi connectivity index (χ3n) is 11.1. The van der Waals surface area contributed by atoms with Gasteiger partial charge >= 0.3 is 39.2 Å². The summed E-state index contributed by atoms with van der Waals surface area (Å²) >= 11 is 0. The van der Waals surface area contributed by atoms with Gasteiger partial charge in [-0.3, -0.25) is 23.7 Å². The lowest BCUT2D eigenvalue weighted by molar-refractivity contribution is -0.218. The number of hydrogen-bond donors (Lipinski definition) is 1. The highest BCUT2D eigenvalue weighted by Gasteiger charge is 2.71. The number of ether oxygens (including phenoxy) is 4. The molecule has 1 heterocycles. The first-order valence-corrected chi connectivity index (χ1v) is 16.4. The molecular weight excluding hydrogens is 601 g/mol. The van der Waals surface area contributed by atoms with Crippen molar-refractivity contribution >= 4 is 34.0 Å². The van der Waals surface area contributed by atoms with E-state index in [1.807, 2.05) is 6.92 Å². The highest BCUT2D eigenvalue weighted by molar-refractivity contribution is 7.86. The van der Waals surface area contributed by atoms with Crippen molar-refractivity contribution < 1.29 is 64.3 Å². The van der Waals surface area contributed by atoms with E-state index < -0.39 is 100 Å². The first-order chi connectivity index (χ1) is 20.2. The Morgan fingerprint density at radius 3 is 2.21 bits per heavy atom. The van der Waals surface area contributed by atoms with Crippen molar-refractivity contribution in [1.29, 1.82) is 0 Å². The van der Waals surface area contributed by atoms with Gasteiger partial charge in [0, 0.05) is 11.8 Å². The normalized spacial score (nSPS) is 41.2. The zero-order chi connectivity index (χ0) is 31.1. The highest BCUT2D eigenvalue weighted by atomic mass is 32.2. The van der Waals surface area contributed by atoms with Gasteiger partial charge in [0.15, 0.2) is 0 Å². The Labute approximate surface area is 246 Å². The molecule has 6 bridgehead atoms. The van der Waals surface area contributed by atoms with Crippen molar-refractivity contribution in [3.8, 4) is 0 Å². The summed E-state index contributed by atoms with van der Waals surface area (Å²) in [6.45, 7) is 0.373. The monoisotopic (exact) mass is 636 g/mol. The smallest absolute Gasteiger partial charge is 0.403 e. The number of hydrogen-bond acceptors (Lipinski definition) is 10. The fourth-order valence-electron chi connectivity index (χ4n) is 9.43. The first-order valence-electron chi connectivity index (χ1n) is 14.9. The van der Waals surface area contributed by atoms with Crippen LogP contribution in [0.15, 0.2) is 0 Å². The molecule has 7 unspecified atom stereocenters. The van der Waals surface area contributed by atoms with Gasteiger partial charge in [0.1, 0.15) is 24.4 Å². The van der Waals surface area contributed by atoms with Crippen LogP contribution in [0.3, 0.4) is 0 Å². The van der Waals surface area contributed by atoms with Crippen molar-refractivity contribution in [1.82, 2.24) is 0 Å². The minimum atomic E-state index is -6.07. The maximum Gasteiger partial charge on any atom is 0.403 e. The molecule has 0 radical (unpaired) electrons. The quantitative estimate of drug-likeness (QED) is 0.202. The molecule has 43 heavy (non-hydrogen) atoms. The number of esters is 4. The van der Waals surface area contributed by atoms with E-state index in [1.165, 1.54) is 6.42 Å². The van der Waals surface area contributed by atoms with E-state index in [4.69, 9.17) is 18.8 Å². The molecule has 7 fully saturated rings. The highest BCUT2D eigenvalue weighted by Crippen LogP contribution is 2.63. The number of carbonyl (C=O) groups excluding carboxylic acids is 4. The maximum atomic E-state index is 13.9. The topological polar surface area (TPSA) is 160 Å². The summed E-state index contributed by atoms with van der Waals surface area (Å²) in [7, 11) is -6.07. The van der Waals surface area contributed by atoms with Crippen LogP contribution in [-0.2, 0) is 48.2 Å². The summed E-state index contributed by atoms with van der Waals surface area (Å²) in [5.74, 6) is -3.60. The zero-order valence-corrected chi connectivity index (χ0v) is 24.3. The van der Waals surface area contributed by atoms with Gasteiger partial charge in [0.05, 0.1) is 24.7 Å². The molecule has 6 saturated carbocycles. The van der Waals surface area contributed by atoms with Gasteiger partial charge in [0.25, 0.3) is 0 Å². The van der Waals surface area contributed by atoms with E-state index in [-0.39, 0.29) is 5.92 Å². The molecule has 0 aromatic rings. The number of alkyl halides is 3. The minimum absolute atomic E-state index is 0.292. The lowest BCUT2D eigenvalue weighted by Crippen LogP contribution is -2.60. The third-order valence-corrected chi connectivity index (χ3v) is 12.0. The second kappa shape index (κ2) is 10.6. The fraction of sp³-hybridized carbons (Fsp3) is 0.857. The van der Waals surface area contributed by atoms with Crippen molar-refractivity contribution in [2.45, 2.75) is 93.9 Å². The van der Waals surface area contributed by atoms with Crippen LogP contribution in [-0.4, -0.2) is 72.7 Å². The van der Waals surface area contributed by atoms with Crippen LogP contribution in [0.2, 0.25) is 0 Å². The molecule has 7 aliphatic rings.